The van der Waals surface area contributed by atoms with Crippen LogP contribution in [-0.2, 0) is 0 Å². The molecule has 0 saturated carbocycles. The molecular formula is C26H35N3O4S. The van der Waals surface area contributed by atoms with Crippen LogP contribution in [0.1, 0.15) is 73.6 Å². The molecule has 0 heterocycles. The van der Waals surface area contributed by atoms with Crippen LogP contribution in [0.3, 0.4) is 0 Å². The van der Waals surface area contributed by atoms with Gasteiger partial charge in [-0.15, -0.1) is 0 Å². The summed E-state index contributed by atoms with van der Waals surface area (Å²) in [6.45, 7) is 7.74. The molecule has 2 aromatic rings. The predicted molar refractivity (Wildman–Crippen MR) is 138 cm³/mol. The van der Waals surface area contributed by atoms with Crippen LogP contribution in [0, 0.1) is 5.92 Å². The summed E-state index contributed by atoms with van der Waals surface area (Å²) in [7, 11) is 0. The third kappa shape index (κ3) is 10.2. The minimum absolute atomic E-state index is 0.0114. The number of amides is 2. The number of unbranched alkanes of at least 4 members (excludes halogenated alkanes) is 3. The minimum atomic E-state index is -0.388. The summed E-state index contributed by atoms with van der Waals surface area (Å²) >= 11 is 5.10. The van der Waals surface area contributed by atoms with Crippen LogP contribution in [0.5, 0.6) is 11.5 Å². The SMILES string of the molecule is CCCCCCOc1ccc(C(=O)NNC(=S)NC(=O)c2ccc(OCCC(C)C)cc2)cc1. The standard InChI is InChI=1S/C26H35N3O4S/c1-4-5-6-7-17-32-22-14-10-21(11-15-22)25(31)28-29-26(34)27-24(30)20-8-12-23(13-9-20)33-18-16-19(2)3/h8-15,19H,4-7,16-18H2,1-3H3,(H,28,31)(H2,27,29,30,34). The van der Waals surface area contributed by atoms with Gasteiger partial charge in [0.15, 0.2) is 5.11 Å². The number of ether oxygens (including phenoxy) is 2. The number of nitrogens with one attached hydrogen (secondary N) is 3. The molecule has 0 fully saturated rings. The fourth-order valence-corrected chi connectivity index (χ4v) is 3.07. The van der Waals surface area contributed by atoms with Crippen molar-refractivity contribution in [2.24, 2.45) is 5.92 Å². The van der Waals surface area contributed by atoms with Crippen molar-refractivity contribution in [3.05, 3.63) is 59.7 Å². The average molecular weight is 486 g/mol. The Hall–Kier alpha value is -3.13. The molecule has 34 heavy (non-hydrogen) atoms. The number of carbonyl (C=O) groups is 2. The highest BCUT2D eigenvalue weighted by Crippen LogP contribution is 2.14. The van der Waals surface area contributed by atoms with E-state index in [1.165, 1.54) is 12.8 Å². The Bertz CT molecular complexity index is 915. The molecule has 0 spiro atoms. The Morgan fingerprint density at radius 2 is 1.35 bits per heavy atom. The van der Waals surface area contributed by atoms with Crippen LogP contribution in [0.25, 0.3) is 0 Å². The molecule has 8 heteroatoms. The van der Waals surface area contributed by atoms with Crippen molar-refractivity contribution < 1.29 is 19.1 Å². The van der Waals surface area contributed by atoms with E-state index in [-0.39, 0.29) is 16.9 Å². The summed E-state index contributed by atoms with van der Waals surface area (Å²) in [4.78, 5) is 24.7. The van der Waals surface area contributed by atoms with Gasteiger partial charge in [-0.1, -0.05) is 40.0 Å². The summed E-state index contributed by atoms with van der Waals surface area (Å²) < 4.78 is 11.3. The van der Waals surface area contributed by atoms with Crippen molar-refractivity contribution in [3.63, 3.8) is 0 Å². The smallest absolute Gasteiger partial charge is 0.269 e. The molecule has 0 aliphatic rings. The Labute approximate surface area is 207 Å². The zero-order valence-corrected chi connectivity index (χ0v) is 21.0. The van der Waals surface area contributed by atoms with E-state index in [4.69, 9.17) is 21.7 Å². The first-order valence-corrected chi connectivity index (χ1v) is 12.2. The van der Waals surface area contributed by atoms with Gasteiger partial charge in [-0.2, -0.15) is 0 Å². The second-order valence-electron chi connectivity index (χ2n) is 8.35. The first-order valence-electron chi connectivity index (χ1n) is 11.8. The Kier molecular flexibility index (Phi) is 11.9. The first kappa shape index (κ1) is 27.1. The second-order valence-corrected chi connectivity index (χ2v) is 8.76. The monoisotopic (exact) mass is 485 g/mol. The number of hydrogen-bond acceptors (Lipinski definition) is 5. The van der Waals surface area contributed by atoms with Crippen LogP contribution in [0.2, 0.25) is 0 Å². The summed E-state index contributed by atoms with van der Waals surface area (Å²) in [5.74, 6) is 1.23. The van der Waals surface area contributed by atoms with Crippen LogP contribution in [0.4, 0.5) is 0 Å². The highest BCUT2D eigenvalue weighted by Gasteiger charge is 2.10. The fourth-order valence-electron chi connectivity index (χ4n) is 2.93. The van der Waals surface area contributed by atoms with Crippen LogP contribution < -0.4 is 25.6 Å². The van der Waals surface area contributed by atoms with E-state index < -0.39 is 0 Å². The third-order valence-electron chi connectivity index (χ3n) is 4.98. The molecule has 0 unspecified atom stereocenters. The predicted octanol–water partition coefficient (Wildman–Crippen LogP) is 5.02. The van der Waals surface area contributed by atoms with Crippen molar-refractivity contribution >= 4 is 29.1 Å². The molecule has 0 radical (unpaired) electrons. The molecular weight excluding hydrogens is 450 g/mol. The van der Waals surface area contributed by atoms with E-state index in [0.29, 0.717) is 36.0 Å². The number of carbonyl (C=O) groups excluding carboxylic acids is 2. The molecule has 0 aromatic heterocycles. The maximum absolute atomic E-state index is 12.4. The van der Waals surface area contributed by atoms with Crippen LogP contribution >= 0.6 is 12.2 Å². The fraction of sp³-hybridized carbons (Fsp3) is 0.423. The summed E-state index contributed by atoms with van der Waals surface area (Å²) in [5, 5.41) is 2.52. The van der Waals surface area contributed by atoms with Gasteiger partial charge in [-0.05, 0) is 79.5 Å². The van der Waals surface area contributed by atoms with E-state index in [1.54, 1.807) is 48.5 Å². The van der Waals surface area contributed by atoms with Gasteiger partial charge in [0.25, 0.3) is 11.8 Å². The molecule has 2 aromatic carbocycles. The van der Waals surface area contributed by atoms with Crippen molar-refractivity contribution in [2.75, 3.05) is 13.2 Å². The van der Waals surface area contributed by atoms with Gasteiger partial charge in [0, 0.05) is 11.1 Å². The molecule has 0 bridgehead atoms. The largest absolute Gasteiger partial charge is 0.494 e. The van der Waals surface area contributed by atoms with Crippen molar-refractivity contribution in [1.82, 2.24) is 16.2 Å². The number of benzene rings is 2. The molecule has 2 rings (SSSR count). The van der Waals surface area contributed by atoms with Gasteiger partial charge in [0.05, 0.1) is 13.2 Å². The van der Waals surface area contributed by atoms with Crippen molar-refractivity contribution in [2.45, 2.75) is 52.9 Å². The van der Waals surface area contributed by atoms with E-state index >= 15 is 0 Å². The summed E-state index contributed by atoms with van der Waals surface area (Å²) in [6.07, 6.45) is 5.52. The molecule has 184 valence electrons. The van der Waals surface area contributed by atoms with Crippen molar-refractivity contribution in [1.29, 1.82) is 0 Å². The van der Waals surface area contributed by atoms with Gasteiger partial charge in [-0.3, -0.25) is 25.8 Å². The zero-order valence-electron chi connectivity index (χ0n) is 20.2. The van der Waals surface area contributed by atoms with E-state index in [9.17, 15) is 9.59 Å². The van der Waals surface area contributed by atoms with Gasteiger partial charge in [0.1, 0.15) is 11.5 Å². The van der Waals surface area contributed by atoms with E-state index in [0.717, 1.165) is 25.0 Å². The molecule has 3 N–H and O–H groups in total. The lowest BCUT2D eigenvalue weighted by Crippen LogP contribution is -2.48. The average Bonchev–Trinajstić information content (AvgIpc) is 2.83. The lowest BCUT2D eigenvalue weighted by atomic mass is 10.1. The van der Waals surface area contributed by atoms with Gasteiger partial charge in [-0.25, -0.2) is 0 Å². The molecule has 7 nitrogen and oxygen atoms in total. The van der Waals surface area contributed by atoms with Gasteiger partial charge >= 0.3 is 0 Å². The molecule has 0 atom stereocenters. The number of thiocarbonyl (C=S) groups is 1. The van der Waals surface area contributed by atoms with Crippen LogP contribution in [0.15, 0.2) is 48.5 Å². The lowest BCUT2D eigenvalue weighted by molar-refractivity contribution is 0.0934. The van der Waals surface area contributed by atoms with E-state index in [2.05, 4.69) is 36.9 Å². The quantitative estimate of drug-likeness (QED) is 0.222. The zero-order chi connectivity index (χ0) is 24.8. The summed E-state index contributed by atoms with van der Waals surface area (Å²) in [6, 6.07) is 13.7. The first-order chi connectivity index (χ1) is 16.4. The lowest BCUT2D eigenvalue weighted by Gasteiger charge is -2.12. The normalized spacial score (nSPS) is 10.5. The Morgan fingerprint density at radius 1 is 0.794 bits per heavy atom. The Balaban J connectivity index is 1.72. The highest BCUT2D eigenvalue weighted by atomic mass is 32.1. The number of hydrazine groups is 1. The maximum atomic E-state index is 12.4. The number of hydrogen-bond donors (Lipinski definition) is 3. The highest BCUT2D eigenvalue weighted by molar-refractivity contribution is 7.80. The molecule has 2 amide bonds. The van der Waals surface area contributed by atoms with Gasteiger partial charge < -0.3 is 9.47 Å². The second kappa shape index (κ2) is 14.9. The number of rotatable bonds is 12. The third-order valence-corrected chi connectivity index (χ3v) is 5.18. The van der Waals surface area contributed by atoms with Crippen LogP contribution in [-0.4, -0.2) is 30.1 Å². The topological polar surface area (TPSA) is 88.7 Å². The maximum Gasteiger partial charge on any atom is 0.269 e. The molecule has 0 aliphatic carbocycles. The summed E-state index contributed by atoms with van der Waals surface area (Å²) in [5.41, 5.74) is 5.89. The van der Waals surface area contributed by atoms with E-state index in [1.807, 2.05) is 0 Å². The molecule has 0 saturated heterocycles. The Morgan fingerprint density at radius 3 is 1.91 bits per heavy atom. The van der Waals surface area contributed by atoms with Crippen molar-refractivity contribution in [3.8, 4) is 11.5 Å². The minimum Gasteiger partial charge on any atom is -0.494 e. The molecule has 0 aliphatic heterocycles. The van der Waals surface area contributed by atoms with Gasteiger partial charge in [0.2, 0.25) is 0 Å².